The highest BCUT2D eigenvalue weighted by Crippen LogP contribution is 2.11. The Balaban J connectivity index is 3.89. The van der Waals surface area contributed by atoms with Crippen molar-refractivity contribution in [2.75, 3.05) is 0 Å². The van der Waals surface area contributed by atoms with E-state index in [0.29, 0.717) is 6.42 Å². The van der Waals surface area contributed by atoms with Crippen LogP contribution in [0.15, 0.2) is 34.9 Å². The van der Waals surface area contributed by atoms with E-state index in [1.54, 1.807) is 0 Å². The van der Waals surface area contributed by atoms with Crippen LogP contribution in [0.1, 0.15) is 59.8 Å². The van der Waals surface area contributed by atoms with Crippen molar-refractivity contribution in [1.29, 1.82) is 0 Å². The number of nitrogens with two attached hydrogens (primary N) is 1. The molecule has 0 aromatic rings. The van der Waals surface area contributed by atoms with Gasteiger partial charge in [0.2, 0.25) is 5.91 Å². The molecule has 0 unspecified atom stereocenters. The second-order valence-electron chi connectivity index (χ2n) is 5.13. The molecule has 0 aromatic heterocycles. The lowest BCUT2D eigenvalue weighted by Gasteiger charge is -2.01. The van der Waals surface area contributed by atoms with Crippen LogP contribution >= 0.6 is 0 Å². The maximum atomic E-state index is 10.6. The minimum atomic E-state index is -0.261. The van der Waals surface area contributed by atoms with Gasteiger partial charge in [0.25, 0.3) is 0 Å². The van der Waals surface area contributed by atoms with Crippen molar-refractivity contribution >= 4 is 5.91 Å². The third kappa shape index (κ3) is 11.2. The Labute approximate surface area is 112 Å². The van der Waals surface area contributed by atoms with Crippen LogP contribution in [0.25, 0.3) is 0 Å². The van der Waals surface area contributed by atoms with Crippen LogP contribution in [0.3, 0.4) is 0 Å². The number of primary amides is 1. The molecule has 0 saturated carbocycles. The SMILES string of the molecule is CC(C)=CCC/C(C)=C/CC/C(C)=C/CC(N)=O. The number of rotatable bonds is 8. The molecule has 0 radical (unpaired) electrons. The van der Waals surface area contributed by atoms with Crippen molar-refractivity contribution in [1.82, 2.24) is 0 Å². The van der Waals surface area contributed by atoms with Crippen LogP contribution in [-0.2, 0) is 4.79 Å². The Hall–Kier alpha value is -1.31. The van der Waals surface area contributed by atoms with Gasteiger partial charge in [0, 0.05) is 6.42 Å². The van der Waals surface area contributed by atoms with E-state index in [-0.39, 0.29) is 5.91 Å². The molecule has 18 heavy (non-hydrogen) atoms. The Morgan fingerprint density at radius 2 is 1.39 bits per heavy atom. The first-order chi connectivity index (χ1) is 8.41. The summed E-state index contributed by atoms with van der Waals surface area (Å²) in [5, 5.41) is 0. The molecule has 0 spiro atoms. The molecule has 2 nitrogen and oxygen atoms in total. The lowest BCUT2D eigenvalue weighted by atomic mass is 10.1. The number of amides is 1. The Kier molecular flexibility index (Phi) is 8.99. The molecule has 0 aliphatic rings. The molecule has 0 aliphatic heterocycles. The normalized spacial score (nSPS) is 12.4. The highest BCUT2D eigenvalue weighted by atomic mass is 16.1. The second kappa shape index (κ2) is 9.69. The van der Waals surface area contributed by atoms with Crippen LogP contribution in [0.4, 0.5) is 0 Å². The van der Waals surface area contributed by atoms with Gasteiger partial charge >= 0.3 is 0 Å². The monoisotopic (exact) mass is 249 g/mol. The van der Waals surface area contributed by atoms with Crippen molar-refractivity contribution in [2.24, 2.45) is 5.73 Å². The lowest BCUT2D eigenvalue weighted by Crippen LogP contribution is -2.08. The Morgan fingerprint density at radius 1 is 0.889 bits per heavy atom. The molecular weight excluding hydrogens is 222 g/mol. The summed E-state index contributed by atoms with van der Waals surface area (Å²) in [4.78, 5) is 10.6. The summed E-state index contributed by atoms with van der Waals surface area (Å²) in [6, 6.07) is 0. The summed E-state index contributed by atoms with van der Waals surface area (Å²) in [7, 11) is 0. The van der Waals surface area contributed by atoms with Crippen molar-refractivity contribution < 1.29 is 4.79 Å². The summed E-state index contributed by atoms with van der Waals surface area (Å²) in [5.41, 5.74) is 9.16. The zero-order chi connectivity index (χ0) is 14.0. The number of allylic oxidation sites excluding steroid dienone is 5. The van der Waals surface area contributed by atoms with Crippen LogP contribution in [0.2, 0.25) is 0 Å². The molecule has 0 bridgehead atoms. The van der Waals surface area contributed by atoms with Gasteiger partial charge in [0.05, 0.1) is 0 Å². The van der Waals surface area contributed by atoms with Gasteiger partial charge in [-0.25, -0.2) is 0 Å². The minimum Gasteiger partial charge on any atom is -0.369 e. The summed E-state index contributed by atoms with van der Waals surface area (Å²) >= 11 is 0. The number of hydrogen-bond donors (Lipinski definition) is 1. The van der Waals surface area contributed by atoms with E-state index in [9.17, 15) is 4.79 Å². The topological polar surface area (TPSA) is 43.1 Å². The van der Waals surface area contributed by atoms with Crippen molar-refractivity contribution in [3.8, 4) is 0 Å². The van der Waals surface area contributed by atoms with Crippen molar-refractivity contribution in [2.45, 2.75) is 59.8 Å². The standard InChI is InChI=1S/C16H27NO/c1-13(2)7-5-8-14(3)9-6-10-15(4)11-12-16(17)18/h7,9,11H,5-6,8,10,12H2,1-4H3,(H2,17,18)/b14-9+,15-11+. The first-order valence-electron chi connectivity index (χ1n) is 6.64. The maximum absolute atomic E-state index is 10.6. The molecule has 0 aromatic carbocycles. The van der Waals surface area contributed by atoms with Crippen LogP contribution in [0.5, 0.6) is 0 Å². The van der Waals surface area contributed by atoms with Gasteiger partial charge in [-0.15, -0.1) is 0 Å². The summed E-state index contributed by atoms with van der Waals surface area (Å²) < 4.78 is 0. The average Bonchev–Trinajstić information content (AvgIpc) is 2.25. The predicted molar refractivity (Wildman–Crippen MR) is 79.2 cm³/mol. The number of hydrogen-bond acceptors (Lipinski definition) is 1. The molecule has 1 amide bonds. The molecule has 102 valence electrons. The van der Waals surface area contributed by atoms with E-state index >= 15 is 0 Å². The first-order valence-corrected chi connectivity index (χ1v) is 6.64. The van der Waals surface area contributed by atoms with Crippen LogP contribution < -0.4 is 5.73 Å². The molecule has 0 heterocycles. The van der Waals surface area contributed by atoms with Gasteiger partial charge in [-0.2, -0.15) is 0 Å². The fourth-order valence-corrected chi connectivity index (χ4v) is 1.61. The van der Waals surface area contributed by atoms with Gasteiger partial charge in [-0.1, -0.05) is 34.9 Å². The minimum absolute atomic E-state index is 0.261. The maximum Gasteiger partial charge on any atom is 0.221 e. The van der Waals surface area contributed by atoms with Gasteiger partial charge in [0.1, 0.15) is 0 Å². The van der Waals surface area contributed by atoms with E-state index in [0.717, 1.165) is 25.7 Å². The van der Waals surface area contributed by atoms with Gasteiger partial charge in [0.15, 0.2) is 0 Å². The second-order valence-corrected chi connectivity index (χ2v) is 5.13. The molecular formula is C16H27NO. The highest BCUT2D eigenvalue weighted by Gasteiger charge is 1.93. The van der Waals surface area contributed by atoms with E-state index in [1.165, 1.54) is 16.7 Å². The fourth-order valence-electron chi connectivity index (χ4n) is 1.61. The summed E-state index contributed by atoms with van der Waals surface area (Å²) in [6.07, 6.45) is 11.2. The van der Waals surface area contributed by atoms with Gasteiger partial charge in [-0.3, -0.25) is 4.79 Å². The Morgan fingerprint density at radius 3 is 1.89 bits per heavy atom. The number of carbonyl (C=O) groups excluding carboxylic acids is 1. The fraction of sp³-hybridized carbons (Fsp3) is 0.562. The van der Waals surface area contributed by atoms with Crippen molar-refractivity contribution in [3.05, 3.63) is 34.9 Å². The van der Waals surface area contributed by atoms with E-state index < -0.39 is 0 Å². The smallest absolute Gasteiger partial charge is 0.221 e. The predicted octanol–water partition coefficient (Wildman–Crippen LogP) is 4.28. The van der Waals surface area contributed by atoms with Crippen LogP contribution in [0, 0.1) is 0 Å². The van der Waals surface area contributed by atoms with Gasteiger partial charge < -0.3 is 5.73 Å². The molecule has 0 aliphatic carbocycles. The molecule has 0 rings (SSSR count). The zero-order valence-electron chi connectivity index (χ0n) is 12.3. The Bertz CT molecular complexity index is 344. The lowest BCUT2D eigenvalue weighted by molar-refractivity contribution is -0.117. The van der Waals surface area contributed by atoms with E-state index in [1.807, 2.05) is 6.08 Å². The molecule has 0 saturated heterocycles. The average molecular weight is 249 g/mol. The number of carbonyl (C=O) groups is 1. The zero-order valence-corrected chi connectivity index (χ0v) is 12.3. The third-order valence-electron chi connectivity index (χ3n) is 2.77. The highest BCUT2D eigenvalue weighted by molar-refractivity contribution is 5.75. The molecule has 2 N–H and O–H groups in total. The van der Waals surface area contributed by atoms with E-state index in [2.05, 4.69) is 39.8 Å². The molecule has 0 fully saturated rings. The molecule has 0 atom stereocenters. The van der Waals surface area contributed by atoms with Crippen molar-refractivity contribution in [3.63, 3.8) is 0 Å². The van der Waals surface area contributed by atoms with Crippen LogP contribution in [-0.4, -0.2) is 5.91 Å². The molecule has 2 heteroatoms. The van der Waals surface area contributed by atoms with E-state index in [4.69, 9.17) is 5.73 Å². The van der Waals surface area contributed by atoms with Gasteiger partial charge in [-0.05, 0) is 53.4 Å². The first kappa shape index (κ1) is 16.7. The largest absolute Gasteiger partial charge is 0.369 e. The summed E-state index contributed by atoms with van der Waals surface area (Å²) in [5.74, 6) is -0.261. The quantitative estimate of drug-likeness (QED) is 0.641. The summed E-state index contributed by atoms with van der Waals surface area (Å²) in [6.45, 7) is 8.49. The third-order valence-corrected chi connectivity index (χ3v) is 2.77.